The summed E-state index contributed by atoms with van der Waals surface area (Å²) in [4.78, 5) is 12.6. The summed E-state index contributed by atoms with van der Waals surface area (Å²) in [6.07, 6.45) is 2.25. The Morgan fingerprint density at radius 1 is 1.44 bits per heavy atom. The second kappa shape index (κ2) is 4.65. The van der Waals surface area contributed by atoms with Crippen LogP contribution in [0.4, 0.5) is 5.69 Å². The van der Waals surface area contributed by atoms with Crippen LogP contribution in [-0.2, 0) is 0 Å². The molecule has 0 bridgehead atoms. The minimum atomic E-state index is -1.03. The smallest absolute Gasteiger partial charge is 0.356 e. The largest absolute Gasteiger partial charge is 0.476 e. The number of nitrogens with zero attached hydrogens (tertiary/aromatic N) is 3. The summed E-state index contributed by atoms with van der Waals surface area (Å²) >= 11 is 0. The molecule has 1 aromatic heterocycles. The predicted molar refractivity (Wildman–Crippen MR) is 62.5 cm³/mol. The van der Waals surface area contributed by atoms with E-state index < -0.39 is 5.97 Å². The molecule has 6 heteroatoms. The molecule has 1 aromatic rings. The average Bonchev–Trinajstić information content (AvgIpc) is 2.99. The third-order valence-corrected chi connectivity index (χ3v) is 2.47. The zero-order valence-electron chi connectivity index (χ0n) is 9.17. The molecule has 1 N–H and O–H groups in total. The van der Waals surface area contributed by atoms with Gasteiger partial charge in [-0.1, -0.05) is 0 Å². The first-order valence-corrected chi connectivity index (χ1v) is 4.88. The van der Waals surface area contributed by atoms with Crippen LogP contribution in [0.5, 0.6) is 0 Å². The van der Waals surface area contributed by atoms with Crippen molar-refractivity contribution >= 4 is 24.1 Å². The Kier molecular flexibility index (Phi) is 3.70. The van der Waals surface area contributed by atoms with Gasteiger partial charge in [-0.3, -0.25) is 0 Å². The average molecular weight is 244 g/mol. The molecule has 0 aromatic carbocycles. The molecular weight excluding hydrogens is 230 g/mol. The van der Waals surface area contributed by atoms with Crippen molar-refractivity contribution in [3.8, 4) is 0 Å². The quantitative estimate of drug-likeness (QED) is 0.872. The van der Waals surface area contributed by atoms with E-state index in [1.807, 2.05) is 19.0 Å². The van der Waals surface area contributed by atoms with Gasteiger partial charge in [-0.2, -0.15) is 5.10 Å². The molecule has 1 heterocycles. The standard InChI is InChI=1S/C10H13N3O2.ClH/c1-13(2)8-5-7(10(14)15)11-12-9(8)6-3-4-6;/h5-6H,3-4H2,1-2H3,(H,14,15);1H. The molecule has 1 saturated carbocycles. The number of halogens is 1. The molecule has 0 aliphatic heterocycles. The maximum atomic E-state index is 10.8. The van der Waals surface area contributed by atoms with Gasteiger partial charge in [-0.25, -0.2) is 4.79 Å². The van der Waals surface area contributed by atoms with E-state index in [0.717, 1.165) is 24.2 Å². The summed E-state index contributed by atoms with van der Waals surface area (Å²) in [6.45, 7) is 0. The van der Waals surface area contributed by atoms with E-state index in [9.17, 15) is 4.79 Å². The minimum Gasteiger partial charge on any atom is -0.476 e. The number of rotatable bonds is 3. The summed E-state index contributed by atoms with van der Waals surface area (Å²) < 4.78 is 0. The van der Waals surface area contributed by atoms with Crippen LogP contribution >= 0.6 is 12.4 Å². The zero-order valence-corrected chi connectivity index (χ0v) is 9.99. The summed E-state index contributed by atoms with van der Waals surface area (Å²) in [5.74, 6) is -0.564. The number of aromatic carboxylic acids is 1. The SMILES string of the molecule is CN(C)c1cc(C(=O)O)nnc1C1CC1.Cl. The van der Waals surface area contributed by atoms with Crippen molar-refractivity contribution in [2.75, 3.05) is 19.0 Å². The molecule has 1 fully saturated rings. The van der Waals surface area contributed by atoms with Gasteiger partial charge < -0.3 is 10.0 Å². The van der Waals surface area contributed by atoms with Crippen LogP contribution in [0, 0.1) is 0 Å². The van der Waals surface area contributed by atoms with Crippen molar-refractivity contribution in [3.05, 3.63) is 17.5 Å². The van der Waals surface area contributed by atoms with Crippen molar-refractivity contribution in [2.24, 2.45) is 0 Å². The van der Waals surface area contributed by atoms with Crippen molar-refractivity contribution in [3.63, 3.8) is 0 Å². The lowest BCUT2D eigenvalue weighted by Crippen LogP contribution is -2.15. The fourth-order valence-electron chi connectivity index (χ4n) is 1.50. The Morgan fingerprint density at radius 3 is 2.50 bits per heavy atom. The molecule has 0 atom stereocenters. The Bertz CT molecular complexity index is 405. The number of carboxylic acids is 1. The van der Waals surface area contributed by atoms with Gasteiger partial charge in [0.1, 0.15) is 0 Å². The molecule has 0 amide bonds. The predicted octanol–water partition coefficient (Wildman–Crippen LogP) is 1.54. The van der Waals surface area contributed by atoms with Crippen LogP contribution in [0.15, 0.2) is 6.07 Å². The van der Waals surface area contributed by atoms with Gasteiger partial charge in [0.25, 0.3) is 0 Å². The van der Waals surface area contributed by atoms with Gasteiger partial charge in [-0.15, -0.1) is 17.5 Å². The molecule has 2 rings (SSSR count). The van der Waals surface area contributed by atoms with Gasteiger partial charge in [0.2, 0.25) is 0 Å². The lowest BCUT2D eigenvalue weighted by Gasteiger charge is -2.15. The highest BCUT2D eigenvalue weighted by atomic mass is 35.5. The first-order chi connectivity index (χ1) is 7.09. The summed E-state index contributed by atoms with van der Waals surface area (Å²) in [5.41, 5.74) is 1.79. The zero-order chi connectivity index (χ0) is 11.0. The number of hydrogen-bond acceptors (Lipinski definition) is 4. The molecule has 1 aliphatic rings. The highest BCUT2D eigenvalue weighted by molar-refractivity contribution is 5.86. The molecule has 0 saturated heterocycles. The van der Waals surface area contributed by atoms with Crippen LogP contribution in [0.2, 0.25) is 0 Å². The van der Waals surface area contributed by atoms with Crippen LogP contribution in [0.25, 0.3) is 0 Å². The summed E-state index contributed by atoms with van der Waals surface area (Å²) in [7, 11) is 3.77. The van der Waals surface area contributed by atoms with Crippen molar-refractivity contribution in [1.29, 1.82) is 0 Å². The number of anilines is 1. The van der Waals surface area contributed by atoms with Crippen LogP contribution in [0.3, 0.4) is 0 Å². The third kappa shape index (κ3) is 2.41. The van der Waals surface area contributed by atoms with Crippen molar-refractivity contribution < 1.29 is 9.90 Å². The van der Waals surface area contributed by atoms with Gasteiger partial charge in [0.15, 0.2) is 5.69 Å². The fraction of sp³-hybridized carbons (Fsp3) is 0.500. The van der Waals surface area contributed by atoms with Crippen LogP contribution in [0.1, 0.15) is 34.9 Å². The van der Waals surface area contributed by atoms with Gasteiger partial charge in [0.05, 0.1) is 11.4 Å². The number of hydrogen-bond donors (Lipinski definition) is 1. The molecule has 5 nitrogen and oxygen atoms in total. The Labute approximate surface area is 99.9 Å². The lowest BCUT2D eigenvalue weighted by atomic mass is 10.2. The van der Waals surface area contributed by atoms with Crippen molar-refractivity contribution in [1.82, 2.24) is 10.2 Å². The third-order valence-electron chi connectivity index (χ3n) is 2.47. The highest BCUT2D eigenvalue weighted by Gasteiger charge is 2.29. The highest BCUT2D eigenvalue weighted by Crippen LogP contribution is 2.42. The van der Waals surface area contributed by atoms with E-state index in [1.54, 1.807) is 6.07 Å². The Hall–Kier alpha value is -1.36. The number of carboxylic acid groups (broad SMARTS) is 1. The molecule has 16 heavy (non-hydrogen) atoms. The molecule has 88 valence electrons. The van der Waals surface area contributed by atoms with Crippen LogP contribution in [-0.4, -0.2) is 35.4 Å². The molecule has 0 unspecified atom stereocenters. The van der Waals surface area contributed by atoms with Gasteiger partial charge in [-0.05, 0) is 18.9 Å². The van der Waals surface area contributed by atoms with Gasteiger partial charge >= 0.3 is 5.97 Å². The first-order valence-electron chi connectivity index (χ1n) is 4.88. The lowest BCUT2D eigenvalue weighted by molar-refractivity contribution is 0.0689. The molecular formula is C10H14ClN3O2. The number of aromatic nitrogens is 2. The Morgan fingerprint density at radius 2 is 2.06 bits per heavy atom. The van der Waals surface area contributed by atoms with E-state index >= 15 is 0 Å². The van der Waals surface area contributed by atoms with E-state index in [0.29, 0.717) is 5.92 Å². The van der Waals surface area contributed by atoms with E-state index in [-0.39, 0.29) is 18.1 Å². The van der Waals surface area contributed by atoms with Crippen LogP contribution < -0.4 is 4.90 Å². The monoisotopic (exact) mass is 243 g/mol. The maximum absolute atomic E-state index is 10.8. The summed E-state index contributed by atoms with van der Waals surface area (Å²) in [5, 5.41) is 16.5. The Balaban J connectivity index is 0.00000128. The maximum Gasteiger partial charge on any atom is 0.356 e. The van der Waals surface area contributed by atoms with E-state index in [4.69, 9.17) is 5.11 Å². The van der Waals surface area contributed by atoms with Crippen molar-refractivity contribution in [2.45, 2.75) is 18.8 Å². The fourth-order valence-corrected chi connectivity index (χ4v) is 1.50. The van der Waals surface area contributed by atoms with E-state index in [2.05, 4.69) is 10.2 Å². The number of carbonyl (C=O) groups is 1. The summed E-state index contributed by atoms with van der Waals surface area (Å²) in [6, 6.07) is 1.59. The second-order valence-corrected chi connectivity index (χ2v) is 3.97. The molecule has 1 aliphatic carbocycles. The van der Waals surface area contributed by atoms with E-state index in [1.165, 1.54) is 0 Å². The first kappa shape index (κ1) is 12.7. The minimum absolute atomic E-state index is 0. The second-order valence-electron chi connectivity index (χ2n) is 3.97. The van der Waals surface area contributed by atoms with Gasteiger partial charge in [0, 0.05) is 20.0 Å². The molecule has 0 spiro atoms. The normalized spacial score (nSPS) is 14.1. The topological polar surface area (TPSA) is 66.3 Å². The molecule has 0 radical (unpaired) electrons.